The number of nitrogens with zero attached hydrogens (tertiary/aromatic N) is 3. The summed E-state index contributed by atoms with van der Waals surface area (Å²) >= 11 is 0. The minimum absolute atomic E-state index is 0.273. The summed E-state index contributed by atoms with van der Waals surface area (Å²) in [7, 11) is 0. The zero-order valence-corrected chi connectivity index (χ0v) is 16.7. The van der Waals surface area contributed by atoms with Crippen molar-refractivity contribution in [1.82, 2.24) is 14.5 Å². The van der Waals surface area contributed by atoms with Gasteiger partial charge in [-0.05, 0) is 37.6 Å². The molecule has 0 radical (unpaired) electrons. The number of aromatic nitrogens is 3. The summed E-state index contributed by atoms with van der Waals surface area (Å²) < 4.78 is 7.27. The van der Waals surface area contributed by atoms with Crippen LogP contribution in [0, 0.1) is 6.92 Å². The summed E-state index contributed by atoms with van der Waals surface area (Å²) in [4.78, 5) is 22.4. The number of rotatable bonds is 6. The van der Waals surface area contributed by atoms with Gasteiger partial charge in [-0.25, -0.2) is 14.8 Å². The summed E-state index contributed by atoms with van der Waals surface area (Å²) in [5.74, 6) is -0.168. The fourth-order valence-corrected chi connectivity index (χ4v) is 3.41. The van der Waals surface area contributed by atoms with Crippen molar-refractivity contribution >= 4 is 34.0 Å². The van der Waals surface area contributed by atoms with Crippen LogP contribution < -0.4 is 5.73 Å². The number of nitrogen functional groups attached to an aromatic ring is 1. The van der Waals surface area contributed by atoms with E-state index in [4.69, 9.17) is 20.4 Å². The second-order valence-corrected chi connectivity index (χ2v) is 7.16. The smallest absolute Gasteiger partial charge is 0.344 e. The molecule has 0 bridgehead atoms. The Morgan fingerprint density at radius 1 is 1.03 bits per heavy atom. The van der Waals surface area contributed by atoms with Gasteiger partial charge in [-0.2, -0.15) is 0 Å². The van der Waals surface area contributed by atoms with Crippen LogP contribution in [0.3, 0.4) is 0 Å². The summed E-state index contributed by atoms with van der Waals surface area (Å²) in [6.07, 6.45) is 2.90. The first-order valence-corrected chi connectivity index (χ1v) is 9.91. The SMILES string of the molecule is CCCCCOC(=O)c1c(N)n(-c2ccc(C)cc2)c2nc3ccccc3nc12. The molecule has 6 nitrogen and oxygen atoms in total. The first-order valence-electron chi connectivity index (χ1n) is 9.91. The molecule has 0 spiro atoms. The van der Waals surface area contributed by atoms with E-state index in [0.29, 0.717) is 29.1 Å². The number of aryl methyl sites for hydroxylation is 1. The summed E-state index contributed by atoms with van der Waals surface area (Å²) in [5, 5.41) is 0. The number of esters is 1. The monoisotopic (exact) mass is 388 g/mol. The largest absolute Gasteiger partial charge is 0.462 e. The third-order valence-corrected chi connectivity index (χ3v) is 4.98. The number of ether oxygens (including phenoxy) is 1. The number of hydrogen-bond acceptors (Lipinski definition) is 5. The fourth-order valence-electron chi connectivity index (χ4n) is 3.41. The molecule has 0 fully saturated rings. The van der Waals surface area contributed by atoms with Crippen LogP contribution in [0.1, 0.15) is 42.1 Å². The second-order valence-electron chi connectivity index (χ2n) is 7.16. The number of benzene rings is 2. The fraction of sp³-hybridized carbons (Fsp3) is 0.261. The maximum absolute atomic E-state index is 12.9. The van der Waals surface area contributed by atoms with Crippen molar-refractivity contribution in [3.8, 4) is 5.69 Å². The average molecular weight is 388 g/mol. The molecule has 4 rings (SSSR count). The van der Waals surface area contributed by atoms with Crippen LogP contribution in [0.15, 0.2) is 48.5 Å². The highest BCUT2D eigenvalue weighted by Crippen LogP contribution is 2.31. The molecule has 2 heterocycles. The van der Waals surface area contributed by atoms with Crippen LogP contribution in [0.25, 0.3) is 27.9 Å². The molecule has 2 aromatic heterocycles. The van der Waals surface area contributed by atoms with Crippen molar-refractivity contribution in [3.63, 3.8) is 0 Å². The number of fused-ring (bicyclic) bond motifs is 2. The first kappa shape index (κ1) is 18.9. The van der Waals surface area contributed by atoms with Gasteiger partial charge in [0.1, 0.15) is 16.9 Å². The molecule has 4 aromatic rings. The van der Waals surface area contributed by atoms with E-state index in [1.165, 1.54) is 0 Å². The van der Waals surface area contributed by atoms with E-state index < -0.39 is 5.97 Å². The maximum Gasteiger partial charge on any atom is 0.344 e. The third kappa shape index (κ3) is 3.53. The Morgan fingerprint density at radius 3 is 2.41 bits per heavy atom. The van der Waals surface area contributed by atoms with E-state index in [1.54, 1.807) is 4.57 Å². The molecular weight excluding hydrogens is 364 g/mol. The molecule has 2 aromatic carbocycles. The van der Waals surface area contributed by atoms with E-state index in [0.717, 1.165) is 36.0 Å². The zero-order chi connectivity index (χ0) is 20.4. The van der Waals surface area contributed by atoms with Crippen molar-refractivity contribution in [1.29, 1.82) is 0 Å². The van der Waals surface area contributed by atoms with Gasteiger partial charge in [0.05, 0.1) is 17.6 Å². The van der Waals surface area contributed by atoms with Gasteiger partial charge in [0.25, 0.3) is 0 Å². The molecular formula is C23H24N4O2. The highest BCUT2D eigenvalue weighted by atomic mass is 16.5. The molecule has 148 valence electrons. The van der Waals surface area contributed by atoms with Crippen LogP contribution in [-0.2, 0) is 4.74 Å². The first-order chi connectivity index (χ1) is 14.1. The van der Waals surface area contributed by atoms with Crippen LogP contribution in [-0.4, -0.2) is 27.1 Å². The van der Waals surface area contributed by atoms with Crippen molar-refractivity contribution < 1.29 is 9.53 Å². The maximum atomic E-state index is 12.9. The number of carbonyl (C=O) groups is 1. The molecule has 0 aliphatic rings. The van der Waals surface area contributed by atoms with E-state index in [9.17, 15) is 4.79 Å². The average Bonchev–Trinajstić information content (AvgIpc) is 3.01. The molecule has 0 aliphatic carbocycles. The van der Waals surface area contributed by atoms with E-state index in [1.807, 2.05) is 55.5 Å². The molecule has 0 atom stereocenters. The highest BCUT2D eigenvalue weighted by Gasteiger charge is 2.25. The predicted molar refractivity (Wildman–Crippen MR) is 115 cm³/mol. The minimum atomic E-state index is -0.459. The number of para-hydroxylation sites is 2. The Balaban J connectivity index is 1.89. The zero-order valence-electron chi connectivity index (χ0n) is 16.7. The van der Waals surface area contributed by atoms with Crippen molar-refractivity contribution in [2.45, 2.75) is 33.1 Å². The lowest BCUT2D eigenvalue weighted by atomic mass is 10.2. The van der Waals surface area contributed by atoms with E-state index in [-0.39, 0.29) is 5.56 Å². The predicted octanol–water partition coefficient (Wildman–Crippen LogP) is 4.81. The van der Waals surface area contributed by atoms with E-state index in [2.05, 4.69) is 6.92 Å². The Labute approximate surface area is 169 Å². The molecule has 0 amide bonds. The van der Waals surface area contributed by atoms with Gasteiger partial charge in [-0.3, -0.25) is 4.57 Å². The van der Waals surface area contributed by atoms with Crippen molar-refractivity contribution in [3.05, 3.63) is 59.7 Å². The molecule has 2 N–H and O–H groups in total. The number of unbranched alkanes of at least 4 members (excludes halogenated alkanes) is 2. The number of hydrogen-bond donors (Lipinski definition) is 1. The van der Waals surface area contributed by atoms with Gasteiger partial charge in [0.15, 0.2) is 5.65 Å². The van der Waals surface area contributed by atoms with E-state index >= 15 is 0 Å². The molecule has 29 heavy (non-hydrogen) atoms. The Bertz CT molecular complexity index is 1180. The van der Waals surface area contributed by atoms with Crippen molar-refractivity contribution in [2.24, 2.45) is 0 Å². The van der Waals surface area contributed by atoms with Crippen LogP contribution >= 0.6 is 0 Å². The summed E-state index contributed by atoms with van der Waals surface area (Å²) in [6, 6.07) is 15.5. The topological polar surface area (TPSA) is 83.0 Å². The lowest BCUT2D eigenvalue weighted by molar-refractivity contribution is 0.0501. The lowest BCUT2D eigenvalue weighted by Gasteiger charge is -2.08. The minimum Gasteiger partial charge on any atom is -0.462 e. The van der Waals surface area contributed by atoms with Gasteiger partial charge in [0.2, 0.25) is 0 Å². The van der Waals surface area contributed by atoms with Crippen LogP contribution in [0.4, 0.5) is 5.82 Å². The molecule has 0 aliphatic heterocycles. The lowest BCUT2D eigenvalue weighted by Crippen LogP contribution is -2.10. The molecule has 0 saturated heterocycles. The number of carbonyl (C=O) groups excluding carboxylic acids is 1. The van der Waals surface area contributed by atoms with Gasteiger partial charge in [-0.1, -0.05) is 49.6 Å². The van der Waals surface area contributed by atoms with Crippen LogP contribution in [0.5, 0.6) is 0 Å². The number of anilines is 1. The van der Waals surface area contributed by atoms with Gasteiger partial charge >= 0.3 is 5.97 Å². The van der Waals surface area contributed by atoms with Gasteiger partial charge in [-0.15, -0.1) is 0 Å². The quantitative estimate of drug-likeness (QED) is 0.378. The Kier molecular flexibility index (Phi) is 5.16. The van der Waals surface area contributed by atoms with Gasteiger partial charge in [0, 0.05) is 5.69 Å². The van der Waals surface area contributed by atoms with Gasteiger partial charge < -0.3 is 10.5 Å². The standard InChI is InChI=1S/C23H24N4O2/c1-3-4-7-14-29-23(28)19-20-22(26-18-9-6-5-8-17(18)25-20)27(21(19)24)16-12-10-15(2)11-13-16/h5-6,8-13H,3-4,7,14,24H2,1-2H3. The Morgan fingerprint density at radius 2 is 1.72 bits per heavy atom. The highest BCUT2D eigenvalue weighted by molar-refractivity contribution is 6.09. The second kappa shape index (κ2) is 7.91. The normalized spacial score (nSPS) is 11.2. The summed E-state index contributed by atoms with van der Waals surface area (Å²) in [5.41, 5.74) is 11.2. The Hall–Kier alpha value is -3.41. The van der Waals surface area contributed by atoms with Crippen molar-refractivity contribution in [2.75, 3.05) is 12.3 Å². The van der Waals surface area contributed by atoms with Crippen LogP contribution in [0.2, 0.25) is 0 Å². The molecule has 0 unspecified atom stereocenters. The molecule has 0 saturated carbocycles. The number of nitrogens with two attached hydrogens (primary N) is 1. The summed E-state index contributed by atoms with van der Waals surface area (Å²) in [6.45, 7) is 4.49. The third-order valence-electron chi connectivity index (χ3n) is 4.98. The molecule has 6 heteroatoms.